The molecule has 2 heterocycles. The molecule has 0 spiro atoms. The summed E-state index contributed by atoms with van der Waals surface area (Å²) in [5.41, 5.74) is 3.49. The average molecular weight is 466 g/mol. The largest absolute Gasteiger partial charge is 0.348 e. The van der Waals surface area contributed by atoms with E-state index in [1.54, 1.807) is 6.20 Å². The number of aromatic nitrogens is 2. The van der Waals surface area contributed by atoms with Gasteiger partial charge in [0.15, 0.2) is 0 Å². The number of nitrogens with one attached hydrogen (secondary N) is 2. The van der Waals surface area contributed by atoms with Gasteiger partial charge < -0.3 is 10.6 Å². The fraction of sp³-hybridized carbons (Fsp3) is 0.273. The SMILES string of the molecule is Cl.O=C(NCc1ccc(Cl)cc1)c1cnn(-c2ccc(Cl)cc2)c1C1CCNCC1. The molecule has 3 aromatic rings. The summed E-state index contributed by atoms with van der Waals surface area (Å²) in [6.07, 6.45) is 3.61. The van der Waals surface area contributed by atoms with Gasteiger partial charge in [0.25, 0.3) is 5.91 Å². The van der Waals surface area contributed by atoms with Gasteiger partial charge >= 0.3 is 0 Å². The van der Waals surface area contributed by atoms with Crippen LogP contribution in [0.1, 0.15) is 40.4 Å². The molecule has 0 aliphatic carbocycles. The Morgan fingerprint density at radius 1 is 1.03 bits per heavy atom. The zero-order valence-corrected chi connectivity index (χ0v) is 18.6. The van der Waals surface area contributed by atoms with E-state index in [1.165, 1.54) is 0 Å². The van der Waals surface area contributed by atoms with E-state index in [9.17, 15) is 4.79 Å². The standard InChI is InChI=1S/C22H22Cl2N4O.ClH/c23-17-3-1-15(2-4-17)13-26-22(29)20-14-27-28(19-7-5-18(24)6-8-19)21(20)16-9-11-25-12-10-16;/h1-8,14,16,25H,9-13H2,(H,26,29);1H. The van der Waals surface area contributed by atoms with E-state index in [2.05, 4.69) is 15.7 Å². The van der Waals surface area contributed by atoms with Crippen molar-refractivity contribution in [2.24, 2.45) is 0 Å². The summed E-state index contributed by atoms with van der Waals surface area (Å²) >= 11 is 12.0. The van der Waals surface area contributed by atoms with Gasteiger partial charge in [-0.15, -0.1) is 12.4 Å². The Bertz CT molecular complexity index is 981. The monoisotopic (exact) mass is 464 g/mol. The zero-order chi connectivity index (χ0) is 20.2. The van der Waals surface area contributed by atoms with Crippen LogP contribution in [0.4, 0.5) is 0 Å². The van der Waals surface area contributed by atoms with Crippen molar-refractivity contribution in [3.05, 3.63) is 81.6 Å². The second-order valence-electron chi connectivity index (χ2n) is 7.17. The number of halogens is 3. The van der Waals surface area contributed by atoms with E-state index in [0.717, 1.165) is 42.9 Å². The number of rotatable bonds is 5. The van der Waals surface area contributed by atoms with Crippen molar-refractivity contribution in [2.75, 3.05) is 13.1 Å². The Morgan fingerprint density at radius 2 is 1.63 bits per heavy atom. The maximum Gasteiger partial charge on any atom is 0.255 e. The highest BCUT2D eigenvalue weighted by Crippen LogP contribution is 2.30. The van der Waals surface area contributed by atoms with Crippen LogP contribution in [-0.2, 0) is 6.54 Å². The molecule has 1 aliphatic heterocycles. The third-order valence-electron chi connectivity index (χ3n) is 5.21. The molecule has 0 unspecified atom stereocenters. The highest BCUT2D eigenvalue weighted by atomic mass is 35.5. The van der Waals surface area contributed by atoms with Crippen LogP contribution in [0.15, 0.2) is 54.7 Å². The van der Waals surface area contributed by atoms with E-state index in [-0.39, 0.29) is 24.2 Å². The fourth-order valence-electron chi connectivity index (χ4n) is 3.69. The number of carbonyl (C=O) groups is 1. The predicted octanol–water partition coefficient (Wildman–Crippen LogP) is 5.00. The minimum absolute atomic E-state index is 0. The highest BCUT2D eigenvalue weighted by molar-refractivity contribution is 6.30. The molecular weight excluding hydrogens is 443 g/mol. The van der Waals surface area contributed by atoms with Crippen molar-refractivity contribution in [3.8, 4) is 5.69 Å². The van der Waals surface area contributed by atoms with Crippen molar-refractivity contribution in [1.29, 1.82) is 0 Å². The number of carbonyl (C=O) groups excluding carboxylic acids is 1. The van der Waals surface area contributed by atoms with Crippen molar-refractivity contribution in [1.82, 2.24) is 20.4 Å². The average Bonchev–Trinajstić information content (AvgIpc) is 3.19. The van der Waals surface area contributed by atoms with Crippen LogP contribution in [0.5, 0.6) is 0 Å². The zero-order valence-electron chi connectivity index (χ0n) is 16.3. The van der Waals surface area contributed by atoms with Gasteiger partial charge in [-0.2, -0.15) is 5.10 Å². The van der Waals surface area contributed by atoms with Crippen LogP contribution in [-0.4, -0.2) is 28.8 Å². The minimum atomic E-state index is -0.117. The van der Waals surface area contributed by atoms with Gasteiger partial charge in [0.2, 0.25) is 0 Å². The molecule has 1 fully saturated rings. The molecule has 2 aromatic carbocycles. The summed E-state index contributed by atoms with van der Waals surface area (Å²) in [7, 11) is 0. The molecule has 1 amide bonds. The Kier molecular flexibility index (Phi) is 7.78. The lowest BCUT2D eigenvalue weighted by molar-refractivity contribution is 0.0949. The van der Waals surface area contributed by atoms with Crippen molar-refractivity contribution >= 4 is 41.5 Å². The maximum absolute atomic E-state index is 13.0. The minimum Gasteiger partial charge on any atom is -0.348 e. The van der Waals surface area contributed by atoms with E-state index in [0.29, 0.717) is 22.2 Å². The van der Waals surface area contributed by atoms with Crippen LogP contribution in [0.3, 0.4) is 0 Å². The van der Waals surface area contributed by atoms with Crippen molar-refractivity contribution in [2.45, 2.75) is 25.3 Å². The number of piperidine rings is 1. The Hall–Kier alpha value is -2.05. The summed E-state index contributed by atoms with van der Waals surface area (Å²) in [6, 6.07) is 15.0. The van der Waals surface area contributed by atoms with Gasteiger partial charge in [-0.05, 0) is 67.9 Å². The van der Waals surface area contributed by atoms with E-state index >= 15 is 0 Å². The van der Waals surface area contributed by atoms with Crippen LogP contribution in [0.2, 0.25) is 10.0 Å². The van der Waals surface area contributed by atoms with Gasteiger partial charge in [-0.1, -0.05) is 35.3 Å². The van der Waals surface area contributed by atoms with E-state index in [1.807, 2.05) is 53.2 Å². The summed E-state index contributed by atoms with van der Waals surface area (Å²) in [4.78, 5) is 13.0. The molecule has 0 bridgehead atoms. The molecular formula is C22H23Cl3N4O. The van der Waals surface area contributed by atoms with E-state index in [4.69, 9.17) is 23.2 Å². The quantitative estimate of drug-likeness (QED) is 0.557. The van der Waals surface area contributed by atoms with Gasteiger partial charge in [0.1, 0.15) is 0 Å². The molecule has 2 N–H and O–H groups in total. The third kappa shape index (κ3) is 5.16. The van der Waals surface area contributed by atoms with Gasteiger partial charge in [-0.25, -0.2) is 4.68 Å². The molecule has 4 rings (SSSR count). The second kappa shape index (κ2) is 10.3. The number of hydrogen-bond donors (Lipinski definition) is 2. The van der Waals surface area contributed by atoms with Gasteiger partial charge in [0, 0.05) is 22.5 Å². The van der Waals surface area contributed by atoms with Crippen LogP contribution in [0.25, 0.3) is 5.69 Å². The number of hydrogen-bond acceptors (Lipinski definition) is 3. The lowest BCUT2D eigenvalue weighted by atomic mass is 9.91. The predicted molar refractivity (Wildman–Crippen MR) is 123 cm³/mol. The molecule has 158 valence electrons. The number of amides is 1. The van der Waals surface area contributed by atoms with Crippen molar-refractivity contribution in [3.63, 3.8) is 0 Å². The smallest absolute Gasteiger partial charge is 0.255 e. The third-order valence-corrected chi connectivity index (χ3v) is 5.72. The molecule has 1 aliphatic rings. The fourth-order valence-corrected chi connectivity index (χ4v) is 3.94. The maximum atomic E-state index is 13.0. The number of benzene rings is 2. The Balaban J connectivity index is 0.00000256. The Labute approximate surface area is 192 Å². The first-order valence-electron chi connectivity index (χ1n) is 9.69. The Morgan fingerprint density at radius 3 is 2.27 bits per heavy atom. The van der Waals surface area contributed by atoms with Gasteiger partial charge in [-0.3, -0.25) is 4.79 Å². The summed E-state index contributed by atoms with van der Waals surface area (Å²) in [5.74, 6) is 0.152. The lowest BCUT2D eigenvalue weighted by Crippen LogP contribution is -2.30. The number of nitrogens with zero attached hydrogens (tertiary/aromatic N) is 2. The van der Waals surface area contributed by atoms with Crippen molar-refractivity contribution < 1.29 is 4.79 Å². The second-order valence-corrected chi connectivity index (χ2v) is 8.04. The topological polar surface area (TPSA) is 59.0 Å². The highest BCUT2D eigenvalue weighted by Gasteiger charge is 2.26. The van der Waals surface area contributed by atoms with Gasteiger partial charge in [0.05, 0.1) is 23.1 Å². The summed E-state index contributed by atoms with van der Waals surface area (Å²) < 4.78 is 1.88. The molecule has 1 saturated heterocycles. The first-order valence-corrected chi connectivity index (χ1v) is 10.4. The molecule has 0 saturated carbocycles. The van der Waals surface area contributed by atoms with Crippen LogP contribution < -0.4 is 10.6 Å². The first kappa shape index (κ1) is 22.6. The lowest BCUT2D eigenvalue weighted by Gasteiger charge is -2.24. The molecule has 30 heavy (non-hydrogen) atoms. The molecule has 8 heteroatoms. The summed E-state index contributed by atoms with van der Waals surface area (Å²) in [5, 5.41) is 12.3. The molecule has 1 aromatic heterocycles. The summed E-state index contributed by atoms with van der Waals surface area (Å²) in [6.45, 7) is 2.30. The molecule has 0 atom stereocenters. The first-order chi connectivity index (χ1) is 14.1. The normalized spacial score (nSPS) is 14.2. The molecule has 0 radical (unpaired) electrons. The molecule has 5 nitrogen and oxygen atoms in total. The van der Waals surface area contributed by atoms with E-state index < -0.39 is 0 Å². The van der Waals surface area contributed by atoms with Crippen LogP contribution in [0, 0.1) is 0 Å². The van der Waals surface area contributed by atoms with Crippen LogP contribution >= 0.6 is 35.6 Å².